The van der Waals surface area contributed by atoms with Crippen LogP contribution >= 0.6 is 0 Å². The highest BCUT2D eigenvalue weighted by atomic mass is 16.4. The van der Waals surface area contributed by atoms with Gasteiger partial charge >= 0.3 is 5.97 Å². The van der Waals surface area contributed by atoms with Crippen LogP contribution in [-0.4, -0.2) is 11.1 Å². The zero-order chi connectivity index (χ0) is 20.0. The third kappa shape index (κ3) is 23.4. The average molecular weight is 383 g/mol. The molecule has 0 bridgehead atoms. The zero-order valence-electron chi connectivity index (χ0n) is 18.8. The van der Waals surface area contributed by atoms with Crippen LogP contribution in [0.25, 0.3) is 0 Å². The maximum absolute atomic E-state index is 10.5. The van der Waals surface area contributed by atoms with Gasteiger partial charge in [0.25, 0.3) is 0 Å². The summed E-state index contributed by atoms with van der Waals surface area (Å²) in [6, 6.07) is 0. The van der Waals surface area contributed by atoms with E-state index in [0.717, 1.165) is 18.8 Å². The predicted octanol–water partition coefficient (Wildman–Crippen LogP) is 8.92. The van der Waals surface area contributed by atoms with E-state index in [-0.39, 0.29) is 0 Å². The van der Waals surface area contributed by atoms with Gasteiger partial charge in [-0.15, -0.1) is 0 Å². The predicted molar refractivity (Wildman–Crippen MR) is 119 cm³/mol. The highest BCUT2D eigenvalue weighted by Gasteiger charge is 2.03. The summed E-state index contributed by atoms with van der Waals surface area (Å²) in [6.07, 6.45) is 27.7. The Bertz CT molecular complexity index is 301. The molecule has 1 atom stereocenters. The average Bonchev–Trinajstić information content (AvgIpc) is 2.64. The minimum atomic E-state index is -0.652. The van der Waals surface area contributed by atoms with Gasteiger partial charge in [0.15, 0.2) is 0 Å². The van der Waals surface area contributed by atoms with Crippen molar-refractivity contribution in [3.63, 3.8) is 0 Å². The van der Waals surface area contributed by atoms with Gasteiger partial charge in [-0.2, -0.15) is 0 Å². The van der Waals surface area contributed by atoms with Crippen molar-refractivity contribution in [1.29, 1.82) is 0 Å². The molecule has 0 aromatic carbocycles. The fourth-order valence-corrected chi connectivity index (χ4v) is 3.95. The summed E-state index contributed by atoms with van der Waals surface area (Å²) < 4.78 is 0. The first-order valence-electron chi connectivity index (χ1n) is 12.4. The smallest absolute Gasteiger partial charge is 0.303 e. The second-order valence-corrected chi connectivity index (χ2v) is 8.84. The molecule has 0 aliphatic carbocycles. The normalized spacial score (nSPS) is 12.4. The van der Waals surface area contributed by atoms with Gasteiger partial charge in [-0.25, -0.2) is 0 Å². The van der Waals surface area contributed by atoms with E-state index in [9.17, 15) is 4.79 Å². The van der Waals surface area contributed by atoms with Gasteiger partial charge in [0, 0.05) is 6.42 Å². The molecule has 1 unspecified atom stereocenters. The summed E-state index contributed by atoms with van der Waals surface area (Å²) >= 11 is 0. The summed E-state index contributed by atoms with van der Waals surface area (Å²) in [5.74, 6) is 0.117. The largest absolute Gasteiger partial charge is 0.481 e. The third-order valence-corrected chi connectivity index (χ3v) is 5.89. The lowest BCUT2D eigenvalue weighted by Gasteiger charge is -2.10. The molecule has 0 fully saturated rings. The second-order valence-electron chi connectivity index (χ2n) is 8.84. The van der Waals surface area contributed by atoms with Crippen LogP contribution in [0.15, 0.2) is 0 Å². The molecule has 0 heterocycles. The first-order chi connectivity index (χ1) is 13.2. The molecule has 27 heavy (non-hydrogen) atoms. The van der Waals surface area contributed by atoms with Gasteiger partial charge in [-0.05, 0) is 12.3 Å². The van der Waals surface area contributed by atoms with Crippen LogP contribution in [0.1, 0.15) is 149 Å². The molecule has 0 spiro atoms. The molecule has 1 N–H and O–H groups in total. The third-order valence-electron chi connectivity index (χ3n) is 5.89. The SMILES string of the molecule is CCCCCCCCCCCCCCCCCCC(C)CCCCC(=O)O. The molecule has 2 nitrogen and oxygen atoms in total. The van der Waals surface area contributed by atoms with E-state index in [4.69, 9.17) is 5.11 Å². The van der Waals surface area contributed by atoms with Crippen molar-refractivity contribution in [3.05, 3.63) is 0 Å². The van der Waals surface area contributed by atoms with Gasteiger partial charge in [-0.3, -0.25) is 4.79 Å². The van der Waals surface area contributed by atoms with Crippen LogP contribution in [0, 0.1) is 5.92 Å². The van der Waals surface area contributed by atoms with Crippen molar-refractivity contribution in [3.8, 4) is 0 Å². The maximum atomic E-state index is 10.5. The van der Waals surface area contributed by atoms with Crippen LogP contribution in [-0.2, 0) is 4.79 Å². The monoisotopic (exact) mass is 382 g/mol. The van der Waals surface area contributed by atoms with Crippen LogP contribution in [0.2, 0.25) is 0 Å². The second kappa shape index (κ2) is 21.8. The van der Waals surface area contributed by atoms with E-state index in [1.807, 2.05) is 0 Å². The lowest BCUT2D eigenvalue weighted by Crippen LogP contribution is -1.98. The number of carboxylic acids is 1. The molecule has 0 radical (unpaired) electrons. The number of hydrogen-bond acceptors (Lipinski definition) is 1. The minimum Gasteiger partial charge on any atom is -0.481 e. The minimum absolute atomic E-state index is 0.339. The molecule has 0 aromatic heterocycles. The number of carboxylic acid groups (broad SMARTS) is 1. The first kappa shape index (κ1) is 26.5. The lowest BCUT2D eigenvalue weighted by atomic mass is 9.96. The quantitative estimate of drug-likeness (QED) is 0.190. The highest BCUT2D eigenvalue weighted by Crippen LogP contribution is 2.18. The van der Waals surface area contributed by atoms with Gasteiger partial charge in [0.1, 0.15) is 0 Å². The Labute approximate surface area is 170 Å². The summed E-state index contributed by atoms with van der Waals surface area (Å²) in [5.41, 5.74) is 0. The summed E-state index contributed by atoms with van der Waals surface area (Å²) in [7, 11) is 0. The Balaban J connectivity index is 3.11. The highest BCUT2D eigenvalue weighted by molar-refractivity contribution is 5.66. The van der Waals surface area contributed by atoms with Crippen molar-refractivity contribution in [2.24, 2.45) is 5.92 Å². The van der Waals surface area contributed by atoms with Gasteiger partial charge in [0.05, 0.1) is 0 Å². The number of rotatable bonds is 22. The summed E-state index contributed by atoms with van der Waals surface area (Å²) in [6.45, 7) is 4.61. The molecule has 2 heteroatoms. The molecule has 0 amide bonds. The van der Waals surface area contributed by atoms with E-state index in [1.54, 1.807) is 0 Å². The van der Waals surface area contributed by atoms with Crippen LogP contribution in [0.5, 0.6) is 0 Å². The standard InChI is InChI=1S/C25H50O2/c1-3-4-5-6-7-8-9-10-11-12-13-14-15-16-17-18-21-24(2)22-19-20-23-25(26)27/h24H,3-23H2,1-2H3,(H,26,27). The van der Waals surface area contributed by atoms with Crippen molar-refractivity contribution in [1.82, 2.24) is 0 Å². The topological polar surface area (TPSA) is 37.3 Å². The molecule has 0 saturated heterocycles. The van der Waals surface area contributed by atoms with E-state index in [0.29, 0.717) is 6.42 Å². The molecule has 162 valence electrons. The Morgan fingerprint density at radius 2 is 0.926 bits per heavy atom. The zero-order valence-corrected chi connectivity index (χ0v) is 18.8. The maximum Gasteiger partial charge on any atom is 0.303 e. The van der Waals surface area contributed by atoms with Gasteiger partial charge in [-0.1, -0.05) is 136 Å². The van der Waals surface area contributed by atoms with Crippen molar-refractivity contribution >= 4 is 5.97 Å². The molecular formula is C25H50O2. The molecular weight excluding hydrogens is 332 g/mol. The Morgan fingerprint density at radius 1 is 0.593 bits per heavy atom. The lowest BCUT2D eigenvalue weighted by molar-refractivity contribution is -0.137. The molecule has 0 aromatic rings. The number of unbranched alkanes of at least 4 members (excludes halogenated alkanes) is 16. The van der Waals surface area contributed by atoms with Crippen molar-refractivity contribution < 1.29 is 9.90 Å². The van der Waals surface area contributed by atoms with Crippen molar-refractivity contribution in [2.45, 2.75) is 149 Å². The number of hydrogen-bond donors (Lipinski definition) is 1. The van der Waals surface area contributed by atoms with E-state index in [2.05, 4.69) is 13.8 Å². The van der Waals surface area contributed by atoms with E-state index < -0.39 is 5.97 Å². The summed E-state index contributed by atoms with van der Waals surface area (Å²) in [4.78, 5) is 10.5. The number of carbonyl (C=O) groups is 1. The van der Waals surface area contributed by atoms with Crippen molar-refractivity contribution in [2.75, 3.05) is 0 Å². The molecule has 0 aliphatic heterocycles. The molecule has 0 aliphatic rings. The van der Waals surface area contributed by atoms with Gasteiger partial charge in [0.2, 0.25) is 0 Å². The van der Waals surface area contributed by atoms with Crippen LogP contribution in [0.3, 0.4) is 0 Å². The fourth-order valence-electron chi connectivity index (χ4n) is 3.95. The summed E-state index contributed by atoms with van der Waals surface area (Å²) in [5, 5.41) is 8.64. The van der Waals surface area contributed by atoms with E-state index in [1.165, 1.54) is 116 Å². The van der Waals surface area contributed by atoms with E-state index >= 15 is 0 Å². The van der Waals surface area contributed by atoms with Crippen LogP contribution in [0.4, 0.5) is 0 Å². The Morgan fingerprint density at radius 3 is 1.30 bits per heavy atom. The molecule has 0 rings (SSSR count). The fraction of sp³-hybridized carbons (Fsp3) is 0.960. The number of aliphatic carboxylic acids is 1. The molecule has 0 saturated carbocycles. The van der Waals surface area contributed by atoms with Gasteiger partial charge < -0.3 is 5.11 Å². The Kier molecular flexibility index (Phi) is 21.3. The first-order valence-corrected chi connectivity index (χ1v) is 12.4. The Hall–Kier alpha value is -0.530. The van der Waals surface area contributed by atoms with Crippen LogP contribution < -0.4 is 0 Å².